The fourth-order valence-electron chi connectivity index (χ4n) is 1.36. The van der Waals surface area contributed by atoms with Crippen molar-refractivity contribution in [3.8, 4) is 5.75 Å². The van der Waals surface area contributed by atoms with Gasteiger partial charge in [0.05, 0.1) is 0 Å². The summed E-state index contributed by atoms with van der Waals surface area (Å²) in [5.41, 5.74) is 0.453. The molecule has 0 aromatic heterocycles. The molecule has 17 heavy (non-hydrogen) atoms. The minimum absolute atomic E-state index is 0.142. The Morgan fingerprint density at radius 2 is 1.76 bits per heavy atom. The Balaban J connectivity index is 2.07. The highest BCUT2D eigenvalue weighted by atomic mass is 35.5. The summed E-state index contributed by atoms with van der Waals surface area (Å²) in [5.74, 6) is 0.228. The second-order valence-electron chi connectivity index (χ2n) is 3.48. The Morgan fingerprint density at radius 3 is 2.47 bits per heavy atom. The molecule has 0 unspecified atom stereocenters. The highest BCUT2D eigenvalue weighted by molar-refractivity contribution is 6.30. The van der Waals surface area contributed by atoms with Gasteiger partial charge in [-0.1, -0.05) is 35.3 Å². The molecule has 0 spiro atoms. The first kappa shape index (κ1) is 12.2. The van der Waals surface area contributed by atoms with Gasteiger partial charge in [0, 0.05) is 15.6 Å². The molecular formula is C13H9Cl2FO. The van der Waals surface area contributed by atoms with E-state index in [1.165, 1.54) is 6.07 Å². The highest BCUT2D eigenvalue weighted by Gasteiger charge is 2.04. The van der Waals surface area contributed by atoms with Gasteiger partial charge in [-0.05, 0) is 30.3 Å². The van der Waals surface area contributed by atoms with Crippen molar-refractivity contribution in [3.05, 3.63) is 63.9 Å². The maximum absolute atomic E-state index is 13.4. The lowest BCUT2D eigenvalue weighted by Gasteiger charge is -2.07. The summed E-state index contributed by atoms with van der Waals surface area (Å²) in [5, 5.41) is 0.952. The molecule has 0 radical (unpaired) electrons. The summed E-state index contributed by atoms with van der Waals surface area (Å²) >= 11 is 11.5. The molecule has 0 atom stereocenters. The second kappa shape index (κ2) is 5.39. The zero-order chi connectivity index (χ0) is 12.3. The number of hydrogen-bond acceptors (Lipinski definition) is 1. The van der Waals surface area contributed by atoms with Gasteiger partial charge in [0.2, 0.25) is 0 Å². The van der Waals surface area contributed by atoms with Gasteiger partial charge < -0.3 is 4.74 Å². The Kier molecular flexibility index (Phi) is 3.87. The molecular weight excluding hydrogens is 262 g/mol. The Hall–Kier alpha value is -1.25. The van der Waals surface area contributed by atoms with Crippen molar-refractivity contribution in [1.29, 1.82) is 0 Å². The number of halogens is 3. The van der Waals surface area contributed by atoms with Crippen molar-refractivity contribution < 1.29 is 9.13 Å². The SMILES string of the molecule is Fc1cc(Cl)ccc1COc1cccc(Cl)c1. The molecule has 0 aliphatic carbocycles. The van der Waals surface area contributed by atoms with Crippen LogP contribution in [0.5, 0.6) is 5.75 Å². The van der Waals surface area contributed by atoms with E-state index >= 15 is 0 Å². The zero-order valence-electron chi connectivity index (χ0n) is 8.79. The third-order valence-corrected chi connectivity index (χ3v) is 2.68. The third kappa shape index (κ3) is 3.35. The normalized spacial score (nSPS) is 10.3. The Morgan fingerprint density at radius 1 is 1.00 bits per heavy atom. The molecule has 0 aliphatic rings. The van der Waals surface area contributed by atoms with Gasteiger partial charge in [-0.25, -0.2) is 4.39 Å². The molecule has 2 aromatic carbocycles. The Bertz CT molecular complexity index is 529. The van der Waals surface area contributed by atoms with Crippen LogP contribution in [-0.2, 0) is 6.61 Å². The summed E-state index contributed by atoms with van der Waals surface area (Å²) in [6.45, 7) is 0.142. The number of hydrogen-bond donors (Lipinski definition) is 0. The van der Waals surface area contributed by atoms with Crippen LogP contribution in [0.1, 0.15) is 5.56 Å². The lowest BCUT2D eigenvalue weighted by Crippen LogP contribution is -1.98. The predicted octanol–water partition coefficient (Wildman–Crippen LogP) is 4.71. The van der Waals surface area contributed by atoms with Crippen molar-refractivity contribution in [2.24, 2.45) is 0 Å². The molecule has 0 saturated carbocycles. The van der Waals surface area contributed by atoms with Gasteiger partial charge in [0.25, 0.3) is 0 Å². The van der Waals surface area contributed by atoms with E-state index in [1.807, 2.05) is 0 Å². The summed E-state index contributed by atoms with van der Waals surface area (Å²) < 4.78 is 18.9. The number of rotatable bonds is 3. The maximum Gasteiger partial charge on any atom is 0.131 e. The minimum Gasteiger partial charge on any atom is -0.489 e. The van der Waals surface area contributed by atoms with E-state index in [-0.39, 0.29) is 12.4 Å². The molecule has 0 N–H and O–H groups in total. The van der Waals surface area contributed by atoms with Gasteiger partial charge in [-0.15, -0.1) is 0 Å². The lowest BCUT2D eigenvalue weighted by molar-refractivity contribution is 0.300. The molecule has 0 heterocycles. The standard InChI is InChI=1S/C13H9Cl2FO/c14-10-2-1-3-12(6-10)17-8-9-4-5-11(15)7-13(9)16/h1-7H,8H2. The summed E-state index contributed by atoms with van der Waals surface area (Å²) in [7, 11) is 0. The van der Waals surface area contributed by atoms with Crippen LogP contribution in [0.3, 0.4) is 0 Å². The fourth-order valence-corrected chi connectivity index (χ4v) is 1.70. The average molecular weight is 271 g/mol. The summed E-state index contributed by atoms with van der Waals surface area (Å²) in [4.78, 5) is 0. The van der Waals surface area contributed by atoms with E-state index in [2.05, 4.69) is 0 Å². The van der Waals surface area contributed by atoms with E-state index in [0.29, 0.717) is 21.4 Å². The van der Waals surface area contributed by atoms with Crippen molar-refractivity contribution >= 4 is 23.2 Å². The van der Waals surface area contributed by atoms with Crippen molar-refractivity contribution in [2.75, 3.05) is 0 Å². The van der Waals surface area contributed by atoms with E-state index in [4.69, 9.17) is 27.9 Å². The lowest BCUT2D eigenvalue weighted by atomic mass is 10.2. The molecule has 0 bridgehead atoms. The summed E-state index contributed by atoms with van der Waals surface area (Å²) in [6.07, 6.45) is 0. The van der Waals surface area contributed by atoms with Crippen LogP contribution in [0.2, 0.25) is 10.0 Å². The van der Waals surface area contributed by atoms with Crippen LogP contribution in [0.25, 0.3) is 0 Å². The molecule has 2 aromatic rings. The highest BCUT2D eigenvalue weighted by Crippen LogP contribution is 2.20. The van der Waals surface area contributed by atoms with Gasteiger partial charge >= 0.3 is 0 Å². The first-order chi connectivity index (χ1) is 8.15. The van der Waals surface area contributed by atoms with Crippen LogP contribution >= 0.6 is 23.2 Å². The van der Waals surface area contributed by atoms with Crippen LogP contribution < -0.4 is 4.74 Å². The minimum atomic E-state index is -0.375. The monoisotopic (exact) mass is 270 g/mol. The molecule has 2 rings (SSSR count). The quantitative estimate of drug-likeness (QED) is 0.785. The topological polar surface area (TPSA) is 9.23 Å². The van der Waals surface area contributed by atoms with E-state index < -0.39 is 0 Å². The molecule has 0 fully saturated rings. The molecule has 88 valence electrons. The maximum atomic E-state index is 13.4. The van der Waals surface area contributed by atoms with E-state index in [1.54, 1.807) is 36.4 Å². The van der Waals surface area contributed by atoms with Crippen molar-refractivity contribution in [3.63, 3.8) is 0 Å². The van der Waals surface area contributed by atoms with Crippen LogP contribution in [0.4, 0.5) is 4.39 Å². The van der Waals surface area contributed by atoms with E-state index in [0.717, 1.165) is 0 Å². The number of ether oxygens (including phenoxy) is 1. The van der Waals surface area contributed by atoms with Gasteiger partial charge in [0.1, 0.15) is 18.2 Å². The molecule has 1 nitrogen and oxygen atoms in total. The van der Waals surface area contributed by atoms with Crippen LogP contribution in [-0.4, -0.2) is 0 Å². The molecule has 0 aliphatic heterocycles. The summed E-state index contributed by atoms with van der Waals surface area (Å²) in [6, 6.07) is 11.4. The first-order valence-corrected chi connectivity index (χ1v) is 5.73. The van der Waals surface area contributed by atoms with Gasteiger partial charge in [0.15, 0.2) is 0 Å². The van der Waals surface area contributed by atoms with Gasteiger partial charge in [-0.3, -0.25) is 0 Å². The second-order valence-corrected chi connectivity index (χ2v) is 4.35. The van der Waals surface area contributed by atoms with Crippen LogP contribution in [0.15, 0.2) is 42.5 Å². The van der Waals surface area contributed by atoms with Crippen molar-refractivity contribution in [1.82, 2.24) is 0 Å². The Labute approximate surface area is 109 Å². The molecule has 0 saturated heterocycles. The van der Waals surface area contributed by atoms with Crippen LogP contribution in [0, 0.1) is 5.82 Å². The number of benzene rings is 2. The molecule has 4 heteroatoms. The van der Waals surface area contributed by atoms with Crippen molar-refractivity contribution in [2.45, 2.75) is 6.61 Å². The zero-order valence-corrected chi connectivity index (χ0v) is 10.3. The molecule has 0 amide bonds. The first-order valence-electron chi connectivity index (χ1n) is 4.97. The fraction of sp³-hybridized carbons (Fsp3) is 0.0769. The smallest absolute Gasteiger partial charge is 0.131 e. The third-order valence-electron chi connectivity index (χ3n) is 2.21. The van der Waals surface area contributed by atoms with E-state index in [9.17, 15) is 4.39 Å². The average Bonchev–Trinajstić information content (AvgIpc) is 2.28. The van der Waals surface area contributed by atoms with Gasteiger partial charge in [-0.2, -0.15) is 0 Å². The predicted molar refractivity (Wildman–Crippen MR) is 67.2 cm³/mol. The largest absolute Gasteiger partial charge is 0.489 e.